The fourth-order valence-electron chi connectivity index (χ4n) is 1.70. The number of benzene rings is 2. The van der Waals surface area contributed by atoms with E-state index in [0.29, 0.717) is 5.02 Å². The number of hydrogen-bond donors (Lipinski definition) is 1. The molecule has 0 bridgehead atoms. The molecule has 0 aliphatic heterocycles. The molecule has 0 aromatic heterocycles. The van der Waals surface area contributed by atoms with Crippen molar-refractivity contribution in [3.8, 4) is 0 Å². The Morgan fingerprint density at radius 3 is 2.58 bits per heavy atom. The third-order valence-corrected chi connectivity index (χ3v) is 2.89. The molecule has 2 rings (SSSR count). The van der Waals surface area contributed by atoms with Crippen molar-refractivity contribution in [3.05, 3.63) is 59.1 Å². The molecule has 19 heavy (non-hydrogen) atoms. The van der Waals surface area contributed by atoms with Gasteiger partial charge in [-0.25, -0.2) is 0 Å². The minimum absolute atomic E-state index is 0.247. The van der Waals surface area contributed by atoms with Crippen molar-refractivity contribution in [3.63, 3.8) is 0 Å². The summed E-state index contributed by atoms with van der Waals surface area (Å²) < 4.78 is 4.65. The second kappa shape index (κ2) is 6.25. The summed E-state index contributed by atoms with van der Waals surface area (Å²) in [5.41, 5.74) is 2.77. The Morgan fingerprint density at radius 1 is 1.16 bits per heavy atom. The maximum atomic E-state index is 11.2. The number of esters is 1. The van der Waals surface area contributed by atoms with Gasteiger partial charge in [-0.15, -0.1) is 0 Å². The summed E-state index contributed by atoms with van der Waals surface area (Å²) in [5.74, 6) is -0.247. The molecular formula is C15H14ClNO2. The van der Waals surface area contributed by atoms with E-state index in [4.69, 9.17) is 11.6 Å². The third-order valence-electron chi connectivity index (χ3n) is 2.64. The maximum absolute atomic E-state index is 11.2. The number of nitrogens with one attached hydrogen (secondary N) is 1. The van der Waals surface area contributed by atoms with Crippen LogP contribution in [-0.4, -0.2) is 13.1 Å². The molecule has 0 unspecified atom stereocenters. The van der Waals surface area contributed by atoms with Crippen LogP contribution in [-0.2, 0) is 16.0 Å². The molecule has 3 nitrogen and oxygen atoms in total. The molecule has 0 amide bonds. The molecule has 1 N–H and O–H groups in total. The highest BCUT2D eigenvalue weighted by atomic mass is 35.5. The molecule has 0 spiro atoms. The van der Waals surface area contributed by atoms with Crippen molar-refractivity contribution in [2.24, 2.45) is 0 Å². The van der Waals surface area contributed by atoms with Crippen LogP contribution in [0.15, 0.2) is 48.5 Å². The highest BCUT2D eigenvalue weighted by Crippen LogP contribution is 2.20. The predicted octanol–water partition coefficient (Wildman–Crippen LogP) is 3.80. The van der Waals surface area contributed by atoms with Gasteiger partial charge < -0.3 is 10.1 Å². The number of methoxy groups -OCH3 is 1. The van der Waals surface area contributed by atoms with Gasteiger partial charge in [-0.05, 0) is 42.0 Å². The molecule has 2 aromatic carbocycles. The molecular weight excluding hydrogens is 262 g/mol. The van der Waals surface area contributed by atoms with E-state index in [2.05, 4.69) is 10.1 Å². The first-order chi connectivity index (χ1) is 9.17. The summed E-state index contributed by atoms with van der Waals surface area (Å²) in [6.07, 6.45) is 0.270. The van der Waals surface area contributed by atoms with Gasteiger partial charge in [0.25, 0.3) is 0 Å². The quantitative estimate of drug-likeness (QED) is 0.863. The van der Waals surface area contributed by atoms with Gasteiger partial charge in [-0.3, -0.25) is 4.79 Å². The lowest BCUT2D eigenvalue weighted by Crippen LogP contribution is -2.04. The first kappa shape index (κ1) is 13.4. The molecule has 0 radical (unpaired) electrons. The van der Waals surface area contributed by atoms with Crippen LogP contribution in [0, 0.1) is 0 Å². The van der Waals surface area contributed by atoms with Crippen molar-refractivity contribution >= 4 is 28.9 Å². The van der Waals surface area contributed by atoms with E-state index >= 15 is 0 Å². The zero-order valence-corrected chi connectivity index (χ0v) is 11.3. The summed E-state index contributed by atoms with van der Waals surface area (Å²) in [4.78, 5) is 11.2. The number of ether oxygens (including phenoxy) is 1. The third kappa shape index (κ3) is 4.00. The minimum Gasteiger partial charge on any atom is -0.469 e. The van der Waals surface area contributed by atoms with Gasteiger partial charge in [0, 0.05) is 16.4 Å². The fraction of sp³-hybridized carbons (Fsp3) is 0.133. The van der Waals surface area contributed by atoms with Crippen LogP contribution in [0.1, 0.15) is 5.56 Å². The van der Waals surface area contributed by atoms with E-state index in [0.717, 1.165) is 16.9 Å². The number of anilines is 2. The Kier molecular flexibility index (Phi) is 4.42. The van der Waals surface area contributed by atoms with Gasteiger partial charge in [0.2, 0.25) is 0 Å². The maximum Gasteiger partial charge on any atom is 0.309 e. The summed E-state index contributed by atoms with van der Waals surface area (Å²) in [5, 5.41) is 3.95. The Balaban J connectivity index is 2.10. The smallest absolute Gasteiger partial charge is 0.309 e. The van der Waals surface area contributed by atoms with E-state index in [1.54, 1.807) is 0 Å². The van der Waals surface area contributed by atoms with E-state index in [9.17, 15) is 4.79 Å². The van der Waals surface area contributed by atoms with Crippen LogP contribution < -0.4 is 5.32 Å². The average molecular weight is 276 g/mol. The van der Waals surface area contributed by atoms with Crippen molar-refractivity contribution in [1.29, 1.82) is 0 Å². The number of carbonyl (C=O) groups excluding carboxylic acids is 1. The van der Waals surface area contributed by atoms with Crippen molar-refractivity contribution in [1.82, 2.24) is 0 Å². The number of halogens is 1. The van der Waals surface area contributed by atoms with Crippen LogP contribution in [0.25, 0.3) is 0 Å². The number of rotatable bonds is 4. The van der Waals surface area contributed by atoms with Crippen molar-refractivity contribution < 1.29 is 9.53 Å². The van der Waals surface area contributed by atoms with Gasteiger partial charge >= 0.3 is 5.97 Å². The standard InChI is InChI=1S/C15H14ClNO2/c1-19-15(18)10-11-3-2-4-14(9-11)17-13-7-5-12(16)6-8-13/h2-9,17H,10H2,1H3. The Labute approximate surface area is 117 Å². The van der Waals surface area contributed by atoms with Crippen LogP contribution in [0.3, 0.4) is 0 Å². The molecule has 0 fully saturated rings. The van der Waals surface area contributed by atoms with Gasteiger partial charge in [-0.2, -0.15) is 0 Å². The van der Waals surface area contributed by atoms with Crippen LogP contribution >= 0.6 is 11.6 Å². The Bertz CT molecular complexity index is 567. The molecule has 0 aliphatic carbocycles. The molecule has 98 valence electrons. The Morgan fingerprint density at radius 2 is 1.89 bits per heavy atom. The minimum atomic E-state index is -0.247. The lowest BCUT2D eigenvalue weighted by Gasteiger charge is -2.08. The summed E-state index contributed by atoms with van der Waals surface area (Å²) in [6.45, 7) is 0. The highest BCUT2D eigenvalue weighted by molar-refractivity contribution is 6.30. The topological polar surface area (TPSA) is 38.3 Å². The highest BCUT2D eigenvalue weighted by Gasteiger charge is 2.03. The molecule has 0 heterocycles. The van der Waals surface area contributed by atoms with E-state index in [1.807, 2.05) is 48.5 Å². The lowest BCUT2D eigenvalue weighted by atomic mass is 10.1. The molecule has 0 aliphatic rings. The largest absolute Gasteiger partial charge is 0.469 e. The van der Waals surface area contributed by atoms with E-state index < -0.39 is 0 Å². The zero-order chi connectivity index (χ0) is 13.7. The fourth-order valence-corrected chi connectivity index (χ4v) is 1.82. The first-order valence-corrected chi connectivity index (χ1v) is 6.23. The summed E-state index contributed by atoms with van der Waals surface area (Å²) in [6, 6.07) is 15.1. The molecule has 0 saturated carbocycles. The second-order valence-corrected chi connectivity index (χ2v) is 4.52. The van der Waals surface area contributed by atoms with Crippen molar-refractivity contribution in [2.45, 2.75) is 6.42 Å². The average Bonchev–Trinajstić information content (AvgIpc) is 2.42. The van der Waals surface area contributed by atoms with E-state index in [-0.39, 0.29) is 12.4 Å². The molecule has 0 saturated heterocycles. The monoisotopic (exact) mass is 275 g/mol. The lowest BCUT2D eigenvalue weighted by molar-refractivity contribution is -0.139. The number of carbonyl (C=O) groups is 1. The first-order valence-electron chi connectivity index (χ1n) is 5.86. The zero-order valence-electron chi connectivity index (χ0n) is 10.5. The van der Waals surface area contributed by atoms with Crippen LogP contribution in [0.5, 0.6) is 0 Å². The predicted molar refractivity (Wildman–Crippen MR) is 76.9 cm³/mol. The van der Waals surface area contributed by atoms with Gasteiger partial charge in [0.15, 0.2) is 0 Å². The van der Waals surface area contributed by atoms with Crippen molar-refractivity contribution in [2.75, 3.05) is 12.4 Å². The Hall–Kier alpha value is -2.00. The molecule has 4 heteroatoms. The second-order valence-electron chi connectivity index (χ2n) is 4.09. The van der Waals surface area contributed by atoms with Gasteiger partial charge in [-0.1, -0.05) is 23.7 Å². The number of hydrogen-bond acceptors (Lipinski definition) is 3. The normalized spacial score (nSPS) is 10.0. The van der Waals surface area contributed by atoms with E-state index in [1.165, 1.54) is 7.11 Å². The summed E-state index contributed by atoms with van der Waals surface area (Å²) in [7, 11) is 1.39. The van der Waals surface area contributed by atoms with Gasteiger partial charge in [0.1, 0.15) is 0 Å². The van der Waals surface area contributed by atoms with Crippen LogP contribution in [0.4, 0.5) is 11.4 Å². The molecule has 2 aromatic rings. The SMILES string of the molecule is COC(=O)Cc1cccc(Nc2ccc(Cl)cc2)c1. The van der Waals surface area contributed by atoms with Crippen LogP contribution in [0.2, 0.25) is 5.02 Å². The summed E-state index contributed by atoms with van der Waals surface area (Å²) >= 11 is 5.83. The van der Waals surface area contributed by atoms with Gasteiger partial charge in [0.05, 0.1) is 13.5 Å². The molecule has 0 atom stereocenters.